The summed E-state index contributed by atoms with van der Waals surface area (Å²) in [6.45, 7) is 0. The van der Waals surface area contributed by atoms with Crippen LogP contribution in [0, 0.1) is 5.82 Å². The Kier molecular flexibility index (Phi) is 3.63. The summed E-state index contributed by atoms with van der Waals surface area (Å²) < 4.78 is 13.4. The fraction of sp³-hybridized carbons (Fsp3) is 0. The van der Waals surface area contributed by atoms with Gasteiger partial charge in [-0.05, 0) is 35.7 Å². The Bertz CT molecular complexity index is 1050. The Morgan fingerprint density at radius 2 is 2.00 bits per heavy atom. The topological polar surface area (TPSA) is 56.0 Å². The van der Waals surface area contributed by atoms with Crippen LogP contribution < -0.4 is 5.73 Å². The maximum Gasteiger partial charge on any atom is 0.205 e. The number of fused-ring (bicyclic) bond motifs is 1. The molecule has 4 rings (SSSR count). The number of halogens is 1. The van der Waals surface area contributed by atoms with Crippen molar-refractivity contribution in [2.45, 2.75) is 0 Å². The van der Waals surface area contributed by atoms with E-state index in [0.717, 1.165) is 16.0 Å². The molecule has 0 aliphatic rings. The summed E-state index contributed by atoms with van der Waals surface area (Å²) in [4.78, 5) is 19.4. The smallest absolute Gasteiger partial charge is 0.205 e. The number of aromatic nitrogens is 1. The molecule has 0 bridgehead atoms. The van der Waals surface area contributed by atoms with E-state index in [2.05, 4.69) is 4.98 Å². The van der Waals surface area contributed by atoms with Crippen molar-refractivity contribution in [2.24, 2.45) is 0 Å². The second kappa shape index (κ2) is 5.81. The predicted octanol–water partition coefficient (Wildman–Crippen LogP) is 4.98. The lowest BCUT2D eigenvalue weighted by molar-refractivity contribution is 0.104. The molecule has 0 fully saturated rings. The summed E-state index contributed by atoms with van der Waals surface area (Å²) in [7, 11) is 0. The van der Waals surface area contributed by atoms with Crippen molar-refractivity contribution in [1.29, 1.82) is 0 Å². The summed E-state index contributed by atoms with van der Waals surface area (Å²) in [5, 5.41) is 2.74. The molecule has 0 atom stereocenters. The molecule has 0 aliphatic heterocycles. The fourth-order valence-corrected chi connectivity index (χ4v) is 4.24. The van der Waals surface area contributed by atoms with Gasteiger partial charge in [-0.1, -0.05) is 18.2 Å². The molecule has 3 nitrogen and oxygen atoms in total. The van der Waals surface area contributed by atoms with E-state index < -0.39 is 5.82 Å². The van der Waals surface area contributed by atoms with Crippen molar-refractivity contribution in [2.75, 3.05) is 5.73 Å². The molecule has 24 heavy (non-hydrogen) atoms. The Morgan fingerprint density at radius 1 is 1.12 bits per heavy atom. The molecule has 0 radical (unpaired) electrons. The number of nitrogens with zero attached hydrogens (tertiary/aromatic N) is 1. The van der Waals surface area contributed by atoms with Crippen molar-refractivity contribution in [3.63, 3.8) is 0 Å². The van der Waals surface area contributed by atoms with Crippen LogP contribution in [0.5, 0.6) is 0 Å². The monoisotopic (exact) mass is 354 g/mol. The first-order valence-corrected chi connectivity index (χ1v) is 8.86. The lowest BCUT2D eigenvalue weighted by atomic mass is 10.1. The van der Waals surface area contributed by atoms with Crippen LogP contribution in [0.2, 0.25) is 0 Å². The van der Waals surface area contributed by atoms with Gasteiger partial charge in [0.1, 0.15) is 15.5 Å². The molecule has 118 valence electrons. The highest BCUT2D eigenvalue weighted by atomic mass is 32.1. The number of pyridine rings is 1. The van der Waals surface area contributed by atoms with Crippen LogP contribution in [0.4, 0.5) is 10.1 Å². The molecule has 3 heterocycles. The number of hydrogen-bond acceptors (Lipinski definition) is 5. The Labute approximate surface area is 145 Å². The van der Waals surface area contributed by atoms with E-state index in [1.54, 1.807) is 17.4 Å². The van der Waals surface area contributed by atoms with Gasteiger partial charge in [0.25, 0.3) is 0 Å². The van der Waals surface area contributed by atoms with Gasteiger partial charge in [-0.2, -0.15) is 0 Å². The summed E-state index contributed by atoms with van der Waals surface area (Å²) in [5.74, 6) is -0.730. The maximum atomic E-state index is 13.4. The minimum atomic E-state index is -0.446. The molecule has 0 saturated heterocycles. The third kappa shape index (κ3) is 2.50. The van der Waals surface area contributed by atoms with Crippen molar-refractivity contribution < 1.29 is 9.18 Å². The minimum Gasteiger partial charge on any atom is -0.397 e. The van der Waals surface area contributed by atoms with Crippen molar-refractivity contribution >= 4 is 44.4 Å². The number of anilines is 1. The van der Waals surface area contributed by atoms with E-state index in [4.69, 9.17) is 5.73 Å². The van der Waals surface area contributed by atoms with Gasteiger partial charge in [0, 0.05) is 10.9 Å². The predicted molar refractivity (Wildman–Crippen MR) is 97.2 cm³/mol. The fourth-order valence-electron chi connectivity index (χ4n) is 2.49. The van der Waals surface area contributed by atoms with E-state index in [1.165, 1.54) is 29.5 Å². The highest BCUT2D eigenvalue weighted by Gasteiger charge is 2.19. The first-order chi connectivity index (χ1) is 11.6. The van der Waals surface area contributed by atoms with Gasteiger partial charge in [-0.25, -0.2) is 9.37 Å². The molecule has 0 aliphatic carbocycles. The molecule has 0 saturated carbocycles. The standard InChI is InChI=1S/C18H11FN2OS2/c19-11-4-1-3-10(9-11)16(22)17-15(20)12-6-7-13(21-18(12)24-17)14-5-2-8-23-14/h1-9H,20H2. The Morgan fingerprint density at radius 3 is 2.75 bits per heavy atom. The number of nitrogens with two attached hydrogens (primary N) is 1. The van der Waals surface area contributed by atoms with Crippen LogP contribution in [0.3, 0.4) is 0 Å². The molecule has 2 N–H and O–H groups in total. The van der Waals surface area contributed by atoms with E-state index in [-0.39, 0.29) is 11.3 Å². The highest BCUT2D eigenvalue weighted by molar-refractivity contribution is 7.21. The van der Waals surface area contributed by atoms with Gasteiger partial charge in [0.05, 0.1) is 16.3 Å². The number of benzene rings is 1. The van der Waals surface area contributed by atoms with Crippen LogP contribution in [0.1, 0.15) is 15.2 Å². The number of carbonyl (C=O) groups excluding carboxylic acids is 1. The SMILES string of the molecule is Nc1c(C(=O)c2cccc(F)c2)sc2nc(-c3cccs3)ccc12. The van der Waals surface area contributed by atoms with E-state index >= 15 is 0 Å². The van der Waals surface area contributed by atoms with Crippen LogP contribution in [-0.2, 0) is 0 Å². The zero-order valence-corrected chi connectivity index (χ0v) is 14.0. The zero-order chi connectivity index (χ0) is 16.7. The third-order valence-electron chi connectivity index (χ3n) is 3.66. The van der Waals surface area contributed by atoms with E-state index in [1.807, 2.05) is 29.6 Å². The van der Waals surface area contributed by atoms with Crippen molar-refractivity contribution in [1.82, 2.24) is 4.98 Å². The molecule has 3 aromatic heterocycles. The lowest BCUT2D eigenvalue weighted by Gasteiger charge is -2.00. The van der Waals surface area contributed by atoms with Gasteiger partial charge in [-0.3, -0.25) is 4.79 Å². The highest BCUT2D eigenvalue weighted by Crippen LogP contribution is 2.36. The molecular formula is C18H11FN2OS2. The van der Waals surface area contributed by atoms with Crippen LogP contribution in [0.15, 0.2) is 53.9 Å². The number of ketones is 1. The van der Waals surface area contributed by atoms with Gasteiger partial charge in [-0.15, -0.1) is 22.7 Å². The molecule has 4 aromatic rings. The molecule has 0 amide bonds. The summed E-state index contributed by atoms with van der Waals surface area (Å²) in [5.41, 5.74) is 7.67. The molecule has 6 heteroatoms. The van der Waals surface area contributed by atoms with E-state index in [9.17, 15) is 9.18 Å². The minimum absolute atomic E-state index is 0.284. The van der Waals surface area contributed by atoms with Crippen molar-refractivity contribution in [3.05, 3.63) is 70.2 Å². The lowest BCUT2D eigenvalue weighted by Crippen LogP contribution is -2.02. The number of rotatable bonds is 3. The molecule has 1 aromatic carbocycles. The average molecular weight is 354 g/mol. The first-order valence-electron chi connectivity index (χ1n) is 7.16. The van der Waals surface area contributed by atoms with Gasteiger partial charge >= 0.3 is 0 Å². The van der Waals surface area contributed by atoms with Gasteiger partial charge < -0.3 is 5.73 Å². The number of hydrogen-bond donors (Lipinski definition) is 1. The van der Waals surface area contributed by atoms with Gasteiger partial charge in [0.15, 0.2) is 0 Å². The number of nitrogen functional groups attached to an aromatic ring is 1. The average Bonchev–Trinajstić information content (AvgIpc) is 3.22. The summed E-state index contributed by atoms with van der Waals surface area (Å²) >= 11 is 2.84. The number of thiophene rings is 2. The second-order valence-electron chi connectivity index (χ2n) is 5.21. The Balaban J connectivity index is 1.82. The molecular weight excluding hydrogens is 343 g/mol. The van der Waals surface area contributed by atoms with E-state index in [0.29, 0.717) is 15.4 Å². The largest absolute Gasteiger partial charge is 0.397 e. The van der Waals surface area contributed by atoms with Crippen LogP contribution >= 0.6 is 22.7 Å². The molecule has 0 spiro atoms. The normalized spacial score (nSPS) is 11.0. The van der Waals surface area contributed by atoms with Gasteiger partial charge in [0.2, 0.25) is 5.78 Å². The zero-order valence-electron chi connectivity index (χ0n) is 12.3. The molecule has 0 unspecified atom stereocenters. The Hall–Kier alpha value is -2.57. The maximum absolute atomic E-state index is 13.4. The summed E-state index contributed by atoms with van der Waals surface area (Å²) in [6.07, 6.45) is 0. The number of carbonyl (C=O) groups is 1. The van der Waals surface area contributed by atoms with Crippen LogP contribution in [-0.4, -0.2) is 10.8 Å². The quantitative estimate of drug-likeness (QED) is 0.528. The van der Waals surface area contributed by atoms with Crippen LogP contribution in [0.25, 0.3) is 20.8 Å². The summed E-state index contributed by atoms with van der Waals surface area (Å²) in [6, 6.07) is 13.4. The van der Waals surface area contributed by atoms with Crippen molar-refractivity contribution in [3.8, 4) is 10.6 Å². The second-order valence-corrected chi connectivity index (χ2v) is 7.16. The third-order valence-corrected chi connectivity index (χ3v) is 5.67. The first kappa shape index (κ1) is 15.0.